The van der Waals surface area contributed by atoms with Crippen LogP contribution in [0.2, 0.25) is 0 Å². The van der Waals surface area contributed by atoms with Crippen molar-refractivity contribution in [3.63, 3.8) is 0 Å². The second kappa shape index (κ2) is 12.3. The zero-order chi connectivity index (χ0) is 27.9. The van der Waals surface area contributed by atoms with Crippen LogP contribution in [-0.2, 0) is 20.9 Å². The number of rotatable bonds is 10. The second-order valence-electron chi connectivity index (χ2n) is 9.66. The average Bonchev–Trinajstić information content (AvgIpc) is 3.30. The first-order chi connectivity index (χ1) is 18.7. The largest absolute Gasteiger partial charge is 0.354 e. The van der Waals surface area contributed by atoms with E-state index in [4.69, 9.17) is 0 Å². The minimum absolute atomic E-state index is 0.190. The third kappa shape index (κ3) is 6.84. The number of hydrogen-bond acceptors (Lipinski definition) is 5. The molecule has 1 atom stereocenters. The molecular weight excluding hydrogens is 499 g/mol. The number of nitrogens with one attached hydrogen (secondary N) is 2. The van der Waals surface area contributed by atoms with Crippen LogP contribution in [0.3, 0.4) is 0 Å². The maximum absolute atomic E-state index is 14.0. The lowest BCUT2D eigenvalue weighted by molar-refractivity contribution is -0.127. The summed E-state index contributed by atoms with van der Waals surface area (Å²) in [4.78, 5) is 40.6. The lowest BCUT2D eigenvalue weighted by Gasteiger charge is -2.32. The Morgan fingerprint density at radius 2 is 1.67 bits per heavy atom. The molecule has 0 aliphatic heterocycles. The number of carbonyl (C=O) groups is 3. The number of nitrogens with zero attached hydrogens (tertiary/aromatic N) is 4. The number of carbonyl (C=O) groups excluding carboxylic acids is 3. The minimum atomic E-state index is -1.09. The molecule has 9 nitrogen and oxygen atoms in total. The van der Waals surface area contributed by atoms with Gasteiger partial charge in [0.05, 0.1) is 5.52 Å². The van der Waals surface area contributed by atoms with Crippen LogP contribution in [0.4, 0.5) is 15.8 Å². The normalized spacial score (nSPS) is 11.8. The fourth-order valence-corrected chi connectivity index (χ4v) is 4.23. The van der Waals surface area contributed by atoms with Crippen molar-refractivity contribution in [2.45, 2.75) is 39.8 Å². The van der Waals surface area contributed by atoms with Gasteiger partial charge in [-0.05, 0) is 66.4 Å². The molecule has 0 saturated carbocycles. The number of hydrogen-bond donors (Lipinski definition) is 2. The Bertz CT molecular complexity index is 1450. The van der Waals surface area contributed by atoms with E-state index in [1.165, 1.54) is 40.8 Å². The minimum Gasteiger partial charge on any atom is -0.354 e. The van der Waals surface area contributed by atoms with Gasteiger partial charge in [0.25, 0.3) is 0 Å². The first kappa shape index (κ1) is 27.4. The first-order valence-corrected chi connectivity index (χ1v) is 12.7. The quantitative estimate of drug-likeness (QED) is 0.315. The molecule has 1 unspecified atom stereocenters. The molecule has 1 heterocycles. The van der Waals surface area contributed by atoms with Crippen molar-refractivity contribution < 1.29 is 18.8 Å². The SMILES string of the molecule is CC(=O)Nc1ccc(N(C(=O)Cn2nnc3ccccc32)C(C(=O)NCCC(C)C)c2ccc(F)cc2)cc1. The summed E-state index contributed by atoms with van der Waals surface area (Å²) < 4.78 is 15.3. The van der Waals surface area contributed by atoms with Crippen molar-refractivity contribution in [1.82, 2.24) is 20.3 Å². The molecule has 0 bridgehead atoms. The average molecular weight is 531 g/mol. The number of para-hydroxylation sites is 1. The molecule has 0 saturated heterocycles. The molecule has 202 valence electrons. The van der Waals surface area contributed by atoms with Crippen LogP contribution >= 0.6 is 0 Å². The molecule has 4 aromatic rings. The van der Waals surface area contributed by atoms with E-state index in [9.17, 15) is 18.8 Å². The molecule has 0 aliphatic carbocycles. The van der Waals surface area contributed by atoms with Crippen LogP contribution in [0.25, 0.3) is 11.0 Å². The Morgan fingerprint density at radius 3 is 2.33 bits per heavy atom. The number of anilines is 2. The molecule has 10 heteroatoms. The summed E-state index contributed by atoms with van der Waals surface area (Å²) in [5.41, 5.74) is 2.72. The predicted molar refractivity (Wildman–Crippen MR) is 147 cm³/mol. The molecule has 0 radical (unpaired) electrons. The van der Waals surface area contributed by atoms with Crippen LogP contribution in [0.15, 0.2) is 72.8 Å². The fraction of sp³-hybridized carbons (Fsp3) is 0.276. The fourth-order valence-electron chi connectivity index (χ4n) is 4.23. The van der Waals surface area contributed by atoms with Crippen LogP contribution < -0.4 is 15.5 Å². The molecule has 3 aromatic carbocycles. The van der Waals surface area contributed by atoms with Gasteiger partial charge < -0.3 is 10.6 Å². The van der Waals surface area contributed by atoms with Crippen molar-refractivity contribution in [2.75, 3.05) is 16.8 Å². The van der Waals surface area contributed by atoms with Crippen molar-refractivity contribution in [3.05, 3.63) is 84.2 Å². The Hall–Kier alpha value is -4.60. The van der Waals surface area contributed by atoms with E-state index in [1.54, 1.807) is 30.3 Å². The Morgan fingerprint density at radius 1 is 0.974 bits per heavy atom. The number of halogens is 1. The lowest BCUT2D eigenvalue weighted by atomic mass is 10.0. The molecule has 1 aromatic heterocycles. The highest BCUT2D eigenvalue weighted by Gasteiger charge is 2.33. The monoisotopic (exact) mass is 530 g/mol. The molecule has 2 N–H and O–H groups in total. The van der Waals surface area contributed by atoms with Crippen molar-refractivity contribution >= 4 is 40.1 Å². The second-order valence-corrected chi connectivity index (χ2v) is 9.66. The Balaban J connectivity index is 1.76. The number of amides is 3. The highest BCUT2D eigenvalue weighted by Crippen LogP contribution is 2.30. The third-order valence-corrected chi connectivity index (χ3v) is 6.15. The van der Waals surface area contributed by atoms with Crippen molar-refractivity contribution in [1.29, 1.82) is 0 Å². The van der Waals surface area contributed by atoms with Gasteiger partial charge in [0.1, 0.15) is 23.9 Å². The number of fused-ring (bicyclic) bond motifs is 1. The highest BCUT2D eigenvalue weighted by molar-refractivity contribution is 6.02. The standard InChI is InChI=1S/C29H31FN6O3/c1-19(2)16-17-31-29(39)28(21-8-10-22(30)11-9-21)36(24-14-12-23(13-15-24)32-20(3)37)27(38)18-35-26-7-5-4-6-25(26)33-34-35/h4-15,19,28H,16-18H2,1-3H3,(H,31,39)(H,32,37). The summed E-state index contributed by atoms with van der Waals surface area (Å²) in [7, 11) is 0. The Labute approximate surface area is 226 Å². The molecule has 0 spiro atoms. The highest BCUT2D eigenvalue weighted by atomic mass is 19.1. The van der Waals surface area contributed by atoms with Crippen LogP contribution in [0, 0.1) is 11.7 Å². The van der Waals surface area contributed by atoms with Crippen molar-refractivity contribution in [2.24, 2.45) is 5.92 Å². The molecule has 4 rings (SSSR count). The van der Waals surface area contributed by atoms with Crippen molar-refractivity contribution in [3.8, 4) is 0 Å². The zero-order valence-electron chi connectivity index (χ0n) is 22.1. The van der Waals surface area contributed by atoms with Gasteiger partial charge in [0.2, 0.25) is 17.7 Å². The van der Waals surface area contributed by atoms with Gasteiger partial charge >= 0.3 is 0 Å². The molecular formula is C29H31FN6O3. The number of benzene rings is 3. The molecule has 0 fully saturated rings. The summed E-state index contributed by atoms with van der Waals surface area (Å²) in [5.74, 6) is -1.14. The van der Waals surface area contributed by atoms with Gasteiger partial charge in [-0.25, -0.2) is 9.07 Å². The summed E-state index contributed by atoms with van der Waals surface area (Å²) in [6, 6.07) is 18.3. The number of aromatic nitrogens is 3. The summed E-state index contributed by atoms with van der Waals surface area (Å²) in [6.07, 6.45) is 0.756. The van der Waals surface area contributed by atoms with E-state index in [0.717, 1.165) is 6.42 Å². The van der Waals surface area contributed by atoms with E-state index < -0.39 is 23.7 Å². The van der Waals surface area contributed by atoms with E-state index in [0.29, 0.717) is 40.4 Å². The van der Waals surface area contributed by atoms with E-state index in [2.05, 4.69) is 34.8 Å². The van der Waals surface area contributed by atoms with E-state index in [-0.39, 0.29) is 12.5 Å². The Kier molecular flexibility index (Phi) is 8.65. The van der Waals surface area contributed by atoms with Gasteiger partial charge in [-0.2, -0.15) is 0 Å². The topological polar surface area (TPSA) is 109 Å². The first-order valence-electron chi connectivity index (χ1n) is 12.7. The molecule has 39 heavy (non-hydrogen) atoms. The predicted octanol–water partition coefficient (Wildman–Crippen LogP) is 4.47. The van der Waals surface area contributed by atoms with Crippen LogP contribution in [0.1, 0.15) is 38.8 Å². The summed E-state index contributed by atoms with van der Waals surface area (Å²) in [6.45, 7) is 5.74. The molecule has 3 amide bonds. The van der Waals surface area contributed by atoms with E-state index in [1.807, 2.05) is 18.2 Å². The van der Waals surface area contributed by atoms with Gasteiger partial charge in [0.15, 0.2) is 0 Å². The van der Waals surface area contributed by atoms with E-state index >= 15 is 0 Å². The maximum Gasteiger partial charge on any atom is 0.249 e. The lowest BCUT2D eigenvalue weighted by Crippen LogP contribution is -2.45. The maximum atomic E-state index is 14.0. The molecule has 0 aliphatic rings. The van der Waals surface area contributed by atoms with Gasteiger partial charge in [-0.1, -0.05) is 43.3 Å². The zero-order valence-corrected chi connectivity index (χ0v) is 22.1. The summed E-state index contributed by atoms with van der Waals surface area (Å²) in [5, 5.41) is 13.9. The van der Waals surface area contributed by atoms with Gasteiger partial charge in [-0.15, -0.1) is 5.10 Å². The smallest absolute Gasteiger partial charge is 0.249 e. The van der Waals surface area contributed by atoms with Gasteiger partial charge in [-0.3, -0.25) is 19.3 Å². The third-order valence-electron chi connectivity index (χ3n) is 6.15. The van der Waals surface area contributed by atoms with Gasteiger partial charge in [0, 0.05) is 24.8 Å². The van der Waals surface area contributed by atoms with Crippen LogP contribution in [0.5, 0.6) is 0 Å². The summed E-state index contributed by atoms with van der Waals surface area (Å²) >= 11 is 0. The van der Waals surface area contributed by atoms with Crippen LogP contribution in [-0.4, -0.2) is 39.3 Å².